The van der Waals surface area contributed by atoms with Gasteiger partial charge in [-0.2, -0.15) is 4.80 Å². The lowest BCUT2D eigenvalue weighted by atomic mass is 10.2. The molecule has 2 heterocycles. The normalized spacial score (nSPS) is 10.8. The molecule has 0 amide bonds. The molecule has 3 rings (SSSR count). The highest BCUT2D eigenvalue weighted by molar-refractivity contribution is 9.10. The van der Waals surface area contributed by atoms with Crippen LogP contribution in [0.1, 0.15) is 11.5 Å². The Labute approximate surface area is 117 Å². The molecule has 0 spiro atoms. The maximum absolute atomic E-state index is 5.11. The highest BCUT2D eigenvalue weighted by Gasteiger charge is 2.08. The van der Waals surface area contributed by atoms with Crippen LogP contribution in [-0.4, -0.2) is 25.4 Å². The van der Waals surface area contributed by atoms with Crippen molar-refractivity contribution in [2.75, 3.05) is 0 Å². The lowest BCUT2D eigenvalue weighted by molar-refractivity contribution is 0.359. The number of aromatic nitrogens is 5. The molecule has 0 saturated heterocycles. The Hall–Kier alpha value is -2.02. The maximum Gasteiger partial charge on any atom is 0.204 e. The SMILES string of the molecule is Cc1cc(Cn2nnc(-c3ccc(Br)cc3)n2)on1. The van der Waals surface area contributed by atoms with E-state index in [1.54, 1.807) is 0 Å². The van der Waals surface area contributed by atoms with Gasteiger partial charge in [0.05, 0.1) is 5.69 Å². The van der Waals surface area contributed by atoms with Crippen LogP contribution in [0.25, 0.3) is 11.4 Å². The standard InChI is InChI=1S/C12H10BrN5O/c1-8-6-11(19-16-8)7-18-15-12(14-17-18)9-2-4-10(13)5-3-9/h2-6H,7H2,1H3. The molecule has 0 unspecified atom stereocenters. The molecule has 0 saturated carbocycles. The van der Waals surface area contributed by atoms with Crippen molar-refractivity contribution in [2.45, 2.75) is 13.5 Å². The van der Waals surface area contributed by atoms with E-state index < -0.39 is 0 Å². The molecule has 7 heteroatoms. The molecule has 0 bridgehead atoms. The van der Waals surface area contributed by atoms with Gasteiger partial charge in [-0.15, -0.1) is 10.2 Å². The molecule has 6 nitrogen and oxygen atoms in total. The van der Waals surface area contributed by atoms with Gasteiger partial charge < -0.3 is 4.52 Å². The molecule has 0 aliphatic carbocycles. The quantitative estimate of drug-likeness (QED) is 0.741. The second-order valence-corrected chi connectivity index (χ2v) is 5.00. The van der Waals surface area contributed by atoms with E-state index in [9.17, 15) is 0 Å². The number of aryl methyl sites for hydroxylation is 1. The smallest absolute Gasteiger partial charge is 0.204 e. The number of tetrazole rings is 1. The highest BCUT2D eigenvalue weighted by atomic mass is 79.9. The van der Waals surface area contributed by atoms with Crippen LogP contribution < -0.4 is 0 Å². The fourth-order valence-corrected chi connectivity index (χ4v) is 1.92. The largest absolute Gasteiger partial charge is 0.359 e. The molecule has 2 aromatic heterocycles. The molecule has 0 fully saturated rings. The zero-order chi connectivity index (χ0) is 13.2. The van der Waals surface area contributed by atoms with Crippen molar-refractivity contribution in [1.29, 1.82) is 0 Å². The van der Waals surface area contributed by atoms with Crippen LogP contribution >= 0.6 is 15.9 Å². The number of halogens is 1. The van der Waals surface area contributed by atoms with Gasteiger partial charge in [-0.1, -0.05) is 21.1 Å². The van der Waals surface area contributed by atoms with Crippen LogP contribution in [-0.2, 0) is 6.54 Å². The van der Waals surface area contributed by atoms with Gasteiger partial charge in [-0.3, -0.25) is 0 Å². The van der Waals surface area contributed by atoms with Crippen molar-refractivity contribution in [1.82, 2.24) is 25.4 Å². The molecule has 0 radical (unpaired) electrons. The van der Waals surface area contributed by atoms with Gasteiger partial charge in [0.2, 0.25) is 5.82 Å². The minimum Gasteiger partial charge on any atom is -0.359 e. The molecule has 0 atom stereocenters. The number of hydrogen-bond donors (Lipinski definition) is 0. The Balaban J connectivity index is 1.81. The Morgan fingerprint density at radius 3 is 2.74 bits per heavy atom. The molecule has 1 aromatic carbocycles. The molecule has 3 aromatic rings. The first-order valence-corrected chi connectivity index (χ1v) is 6.46. The molecular weight excluding hydrogens is 310 g/mol. The average Bonchev–Trinajstić information content (AvgIpc) is 3.00. The summed E-state index contributed by atoms with van der Waals surface area (Å²) in [5.74, 6) is 1.29. The van der Waals surface area contributed by atoms with Gasteiger partial charge in [0, 0.05) is 16.1 Å². The zero-order valence-corrected chi connectivity index (χ0v) is 11.7. The minimum atomic E-state index is 0.421. The summed E-state index contributed by atoms with van der Waals surface area (Å²) >= 11 is 3.39. The first kappa shape index (κ1) is 12.0. The molecule has 0 N–H and O–H groups in total. The molecule has 96 valence electrons. The van der Waals surface area contributed by atoms with Crippen LogP contribution in [0.15, 0.2) is 39.3 Å². The lowest BCUT2D eigenvalue weighted by Gasteiger charge is -1.94. The van der Waals surface area contributed by atoms with Gasteiger partial charge in [0.15, 0.2) is 5.76 Å². The van der Waals surface area contributed by atoms with E-state index in [1.165, 1.54) is 4.80 Å². The van der Waals surface area contributed by atoms with Crippen molar-refractivity contribution < 1.29 is 4.52 Å². The third-order valence-electron chi connectivity index (χ3n) is 2.53. The van der Waals surface area contributed by atoms with E-state index in [0.29, 0.717) is 18.1 Å². The Morgan fingerprint density at radius 1 is 1.26 bits per heavy atom. The minimum absolute atomic E-state index is 0.421. The van der Waals surface area contributed by atoms with E-state index in [1.807, 2.05) is 37.3 Å². The third kappa shape index (κ3) is 2.70. The van der Waals surface area contributed by atoms with Gasteiger partial charge in [0.1, 0.15) is 6.54 Å². The van der Waals surface area contributed by atoms with Crippen molar-refractivity contribution in [2.24, 2.45) is 0 Å². The van der Waals surface area contributed by atoms with E-state index in [-0.39, 0.29) is 0 Å². The summed E-state index contributed by atoms with van der Waals surface area (Å²) in [5, 5.41) is 16.1. The Morgan fingerprint density at radius 2 is 2.05 bits per heavy atom. The summed E-state index contributed by atoms with van der Waals surface area (Å²) in [5.41, 5.74) is 1.76. The fraction of sp³-hybridized carbons (Fsp3) is 0.167. The summed E-state index contributed by atoms with van der Waals surface area (Å²) < 4.78 is 6.13. The summed E-state index contributed by atoms with van der Waals surface area (Å²) in [4.78, 5) is 1.48. The van der Waals surface area contributed by atoms with Crippen LogP contribution in [0, 0.1) is 6.92 Å². The number of rotatable bonds is 3. The first-order chi connectivity index (χ1) is 9.20. The summed E-state index contributed by atoms with van der Waals surface area (Å²) in [6, 6.07) is 9.60. The second-order valence-electron chi connectivity index (χ2n) is 4.08. The van der Waals surface area contributed by atoms with Crippen molar-refractivity contribution in [3.63, 3.8) is 0 Å². The fourth-order valence-electron chi connectivity index (χ4n) is 1.65. The number of benzene rings is 1. The molecule has 0 aliphatic rings. The zero-order valence-electron chi connectivity index (χ0n) is 10.1. The van der Waals surface area contributed by atoms with Crippen LogP contribution in [0.4, 0.5) is 0 Å². The number of nitrogens with zero attached hydrogens (tertiary/aromatic N) is 5. The van der Waals surface area contributed by atoms with Gasteiger partial charge in [-0.25, -0.2) is 0 Å². The van der Waals surface area contributed by atoms with Crippen molar-refractivity contribution in [3.8, 4) is 11.4 Å². The van der Waals surface area contributed by atoms with E-state index in [2.05, 4.69) is 36.5 Å². The molecular formula is C12H10BrN5O. The van der Waals surface area contributed by atoms with Gasteiger partial charge in [0.25, 0.3) is 0 Å². The predicted molar refractivity (Wildman–Crippen MR) is 71.3 cm³/mol. The van der Waals surface area contributed by atoms with Gasteiger partial charge >= 0.3 is 0 Å². The average molecular weight is 320 g/mol. The predicted octanol–water partition coefficient (Wildman–Crippen LogP) is 2.45. The van der Waals surface area contributed by atoms with Crippen LogP contribution in [0.3, 0.4) is 0 Å². The Kier molecular flexibility index (Phi) is 3.12. The topological polar surface area (TPSA) is 69.6 Å². The van der Waals surface area contributed by atoms with Crippen LogP contribution in [0.2, 0.25) is 0 Å². The maximum atomic E-state index is 5.11. The summed E-state index contributed by atoms with van der Waals surface area (Å²) in [6.45, 7) is 2.29. The summed E-state index contributed by atoms with van der Waals surface area (Å²) in [7, 11) is 0. The van der Waals surface area contributed by atoms with E-state index in [0.717, 1.165) is 15.7 Å². The van der Waals surface area contributed by atoms with Crippen LogP contribution in [0.5, 0.6) is 0 Å². The third-order valence-corrected chi connectivity index (χ3v) is 3.06. The van der Waals surface area contributed by atoms with Gasteiger partial charge in [-0.05, 0) is 36.4 Å². The molecule has 0 aliphatic heterocycles. The van der Waals surface area contributed by atoms with E-state index >= 15 is 0 Å². The second kappa shape index (κ2) is 4.93. The van der Waals surface area contributed by atoms with Crippen molar-refractivity contribution in [3.05, 3.63) is 46.3 Å². The Bertz CT molecular complexity index is 688. The lowest BCUT2D eigenvalue weighted by Crippen LogP contribution is -2.03. The molecule has 19 heavy (non-hydrogen) atoms. The highest BCUT2D eigenvalue weighted by Crippen LogP contribution is 2.17. The van der Waals surface area contributed by atoms with E-state index in [4.69, 9.17) is 4.52 Å². The summed E-state index contributed by atoms with van der Waals surface area (Å²) in [6.07, 6.45) is 0. The van der Waals surface area contributed by atoms with Crippen molar-refractivity contribution >= 4 is 15.9 Å². The number of hydrogen-bond acceptors (Lipinski definition) is 5. The monoisotopic (exact) mass is 319 g/mol. The first-order valence-electron chi connectivity index (χ1n) is 5.66.